The van der Waals surface area contributed by atoms with E-state index in [0.29, 0.717) is 0 Å². The fourth-order valence-corrected chi connectivity index (χ4v) is 1.23. The van der Waals surface area contributed by atoms with E-state index >= 15 is 0 Å². The molecule has 1 atom stereocenters. The zero-order valence-corrected chi connectivity index (χ0v) is 7.02. The summed E-state index contributed by atoms with van der Waals surface area (Å²) >= 11 is 0. The Hall–Kier alpha value is -0.660. The second-order valence-electron chi connectivity index (χ2n) is 3.29. The molecule has 2 heteroatoms. The molecule has 1 N–H and O–H groups in total. The highest BCUT2D eigenvalue weighted by molar-refractivity contribution is 4.98. The van der Waals surface area contributed by atoms with Gasteiger partial charge >= 0.3 is 0 Å². The van der Waals surface area contributed by atoms with Crippen molar-refractivity contribution in [3.05, 3.63) is 12.4 Å². The van der Waals surface area contributed by atoms with Gasteiger partial charge in [-0.05, 0) is 13.3 Å². The van der Waals surface area contributed by atoms with Crippen LogP contribution in [0, 0.1) is 0 Å². The molecule has 1 heterocycles. The molecule has 1 rings (SSSR count). The number of nitrogens with zero attached hydrogens (tertiary/aromatic N) is 1. The maximum absolute atomic E-state index is 3.35. The van der Waals surface area contributed by atoms with Crippen LogP contribution in [0.2, 0.25) is 0 Å². The van der Waals surface area contributed by atoms with Crippen molar-refractivity contribution in [1.29, 1.82) is 0 Å². The quantitative estimate of drug-likeness (QED) is 0.588. The SMILES string of the molecule is CCC1(C)CN(C)C=CN1. The van der Waals surface area contributed by atoms with E-state index in [2.05, 4.69) is 37.3 Å². The summed E-state index contributed by atoms with van der Waals surface area (Å²) in [5.41, 5.74) is 0.281. The molecule has 0 bridgehead atoms. The van der Waals surface area contributed by atoms with Crippen LogP contribution in [0.5, 0.6) is 0 Å². The van der Waals surface area contributed by atoms with Crippen LogP contribution in [-0.2, 0) is 0 Å². The molecule has 1 unspecified atom stereocenters. The summed E-state index contributed by atoms with van der Waals surface area (Å²) in [5, 5.41) is 3.35. The lowest BCUT2D eigenvalue weighted by Gasteiger charge is -2.36. The van der Waals surface area contributed by atoms with E-state index in [0.717, 1.165) is 6.54 Å². The molecule has 0 radical (unpaired) electrons. The first-order valence-electron chi connectivity index (χ1n) is 3.81. The minimum absolute atomic E-state index is 0.281. The molecule has 0 spiro atoms. The van der Waals surface area contributed by atoms with E-state index in [1.54, 1.807) is 0 Å². The minimum atomic E-state index is 0.281. The molecular weight excluding hydrogens is 124 g/mol. The highest BCUT2D eigenvalue weighted by Crippen LogP contribution is 2.13. The van der Waals surface area contributed by atoms with Crippen molar-refractivity contribution >= 4 is 0 Å². The minimum Gasteiger partial charge on any atom is -0.383 e. The summed E-state index contributed by atoms with van der Waals surface area (Å²) in [6.07, 6.45) is 5.26. The first-order valence-corrected chi connectivity index (χ1v) is 3.81. The molecule has 0 amide bonds. The van der Waals surface area contributed by atoms with Crippen molar-refractivity contribution in [1.82, 2.24) is 10.2 Å². The van der Waals surface area contributed by atoms with Gasteiger partial charge in [0.15, 0.2) is 0 Å². The normalized spacial score (nSPS) is 32.1. The maximum Gasteiger partial charge on any atom is 0.0512 e. The summed E-state index contributed by atoms with van der Waals surface area (Å²) < 4.78 is 0. The Kier molecular flexibility index (Phi) is 1.88. The third-order valence-corrected chi connectivity index (χ3v) is 2.14. The fraction of sp³-hybridized carbons (Fsp3) is 0.750. The van der Waals surface area contributed by atoms with Crippen LogP contribution < -0.4 is 5.32 Å². The smallest absolute Gasteiger partial charge is 0.0512 e. The predicted octanol–water partition coefficient (Wildman–Crippen LogP) is 1.16. The summed E-state index contributed by atoms with van der Waals surface area (Å²) in [6.45, 7) is 5.55. The van der Waals surface area contributed by atoms with Crippen molar-refractivity contribution in [2.45, 2.75) is 25.8 Å². The van der Waals surface area contributed by atoms with Gasteiger partial charge in [-0.2, -0.15) is 0 Å². The van der Waals surface area contributed by atoms with Gasteiger partial charge in [0.2, 0.25) is 0 Å². The number of hydrogen-bond donors (Lipinski definition) is 1. The van der Waals surface area contributed by atoms with E-state index < -0.39 is 0 Å². The number of hydrogen-bond acceptors (Lipinski definition) is 2. The van der Waals surface area contributed by atoms with Crippen molar-refractivity contribution in [2.24, 2.45) is 0 Å². The molecule has 1 aliphatic rings. The molecule has 0 aromatic carbocycles. The van der Waals surface area contributed by atoms with Crippen molar-refractivity contribution in [3.8, 4) is 0 Å². The van der Waals surface area contributed by atoms with Crippen molar-refractivity contribution in [2.75, 3.05) is 13.6 Å². The molecule has 1 aliphatic heterocycles. The third-order valence-electron chi connectivity index (χ3n) is 2.14. The second kappa shape index (κ2) is 2.52. The van der Waals surface area contributed by atoms with E-state index in [1.165, 1.54) is 6.42 Å². The van der Waals surface area contributed by atoms with Crippen LogP contribution in [0.1, 0.15) is 20.3 Å². The van der Waals surface area contributed by atoms with Crippen LogP contribution in [0.4, 0.5) is 0 Å². The molecule has 2 nitrogen and oxygen atoms in total. The number of likely N-dealkylation sites (N-methyl/N-ethyl adjacent to an activating group) is 1. The maximum atomic E-state index is 3.35. The number of nitrogens with one attached hydrogen (secondary N) is 1. The van der Waals surface area contributed by atoms with Gasteiger partial charge in [-0.1, -0.05) is 6.92 Å². The van der Waals surface area contributed by atoms with Gasteiger partial charge in [-0.25, -0.2) is 0 Å². The predicted molar refractivity (Wildman–Crippen MR) is 43.6 cm³/mol. The molecule has 58 valence electrons. The Morgan fingerprint density at radius 1 is 1.70 bits per heavy atom. The van der Waals surface area contributed by atoms with Gasteiger partial charge in [-0.3, -0.25) is 0 Å². The summed E-state index contributed by atoms with van der Waals surface area (Å²) in [4.78, 5) is 2.21. The van der Waals surface area contributed by atoms with Gasteiger partial charge in [0.1, 0.15) is 0 Å². The van der Waals surface area contributed by atoms with Crippen LogP contribution >= 0.6 is 0 Å². The molecule has 0 saturated carbocycles. The monoisotopic (exact) mass is 140 g/mol. The lowest BCUT2D eigenvalue weighted by Crippen LogP contribution is -2.49. The van der Waals surface area contributed by atoms with Crippen LogP contribution in [-0.4, -0.2) is 24.0 Å². The first kappa shape index (κ1) is 7.45. The Morgan fingerprint density at radius 3 is 2.80 bits per heavy atom. The Bertz CT molecular complexity index is 142. The molecular formula is C8H16N2. The zero-order valence-electron chi connectivity index (χ0n) is 7.02. The van der Waals surface area contributed by atoms with Crippen LogP contribution in [0.25, 0.3) is 0 Å². The van der Waals surface area contributed by atoms with Gasteiger partial charge in [-0.15, -0.1) is 0 Å². The number of rotatable bonds is 1. The van der Waals surface area contributed by atoms with Crippen molar-refractivity contribution in [3.63, 3.8) is 0 Å². The standard InChI is InChI=1S/C8H16N2/c1-4-8(2)7-10(3)6-5-9-8/h5-6,9H,4,7H2,1-3H3. The highest BCUT2D eigenvalue weighted by Gasteiger charge is 2.23. The zero-order chi connectivity index (χ0) is 7.61. The molecule has 0 aromatic heterocycles. The molecule has 0 aliphatic carbocycles. The summed E-state index contributed by atoms with van der Waals surface area (Å²) in [5.74, 6) is 0. The Balaban J connectivity index is 2.58. The van der Waals surface area contributed by atoms with Crippen LogP contribution in [0.15, 0.2) is 12.4 Å². The average molecular weight is 140 g/mol. The van der Waals surface area contributed by atoms with E-state index in [9.17, 15) is 0 Å². The molecule has 10 heavy (non-hydrogen) atoms. The molecule has 0 saturated heterocycles. The Labute approximate surface area is 62.9 Å². The van der Waals surface area contributed by atoms with E-state index in [4.69, 9.17) is 0 Å². The third kappa shape index (κ3) is 1.43. The van der Waals surface area contributed by atoms with Gasteiger partial charge in [0.05, 0.1) is 5.54 Å². The Morgan fingerprint density at radius 2 is 2.40 bits per heavy atom. The summed E-state index contributed by atoms with van der Waals surface area (Å²) in [6, 6.07) is 0. The highest BCUT2D eigenvalue weighted by atomic mass is 15.2. The first-order chi connectivity index (χ1) is 4.66. The average Bonchev–Trinajstić information content (AvgIpc) is 1.88. The van der Waals surface area contributed by atoms with Crippen LogP contribution in [0.3, 0.4) is 0 Å². The molecule has 0 aromatic rings. The van der Waals surface area contributed by atoms with E-state index in [1.807, 2.05) is 6.20 Å². The second-order valence-corrected chi connectivity index (χ2v) is 3.29. The van der Waals surface area contributed by atoms with E-state index in [-0.39, 0.29) is 5.54 Å². The summed E-state index contributed by atoms with van der Waals surface area (Å²) in [7, 11) is 2.10. The van der Waals surface area contributed by atoms with Gasteiger partial charge in [0.25, 0.3) is 0 Å². The van der Waals surface area contributed by atoms with Crippen molar-refractivity contribution < 1.29 is 0 Å². The van der Waals surface area contributed by atoms with Gasteiger partial charge in [0, 0.05) is 26.0 Å². The topological polar surface area (TPSA) is 15.3 Å². The van der Waals surface area contributed by atoms with Gasteiger partial charge < -0.3 is 10.2 Å². The molecule has 0 fully saturated rings. The lowest BCUT2D eigenvalue weighted by molar-refractivity contribution is 0.261. The largest absolute Gasteiger partial charge is 0.383 e. The fourth-order valence-electron chi connectivity index (χ4n) is 1.23. The lowest BCUT2D eigenvalue weighted by atomic mass is 9.98.